The predicted molar refractivity (Wildman–Crippen MR) is 113 cm³/mol. The average molecular weight is 466 g/mol. The average Bonchev–Trinajstić information content (AvgIpc) is 2.53. The SMILES string of the molecule is CSCCCNC(=NCc1ccc([N+](=O)[O-])cc1)NCC(C)C.I. The second kappa shape index (κ2) is 13.3. The number of non-ortho nitro benzene ring substituents is 1. The van der Waals surface area contributed by atoms with Gasteiger partial charge in [0.2, 0.25) is 0 Å². The normalized spacial score (nSPS) is 11.1. The number of nitrogens with zero attached hydrogens (tertiary/aromatic N) is 2. The number of guanidine groups is 1. The van der Waals surface area contributed by atoms with Gasteiger partial charge in [-0.3, -0.25) is 10.1 Å². The molecule has 0 aliphatic carbocycles. The fraction of sp³-hybridized carbons (Fsp3) is 0.562. The molecule has 0 radical (unpaired) electrons. The third-order valence-corrected chi connectivity index (χ3v) is 3.76. The van der Waals surface area contributed by atoms with Gasteiger partial charge in [0.25, 0.3) is 5.69 Å². The maximum atomic E-state index is 10.7. The summed E-state index contributed by atoms with van der Waals surface area (Å²) in [7, 11) is 0. The summed E-state index contributed by atoms with van der Waals surface area (Å²) in [5, 5.41) is 17.3. The quantitative estimate of drug-likeness (QED) is 0.145. The van der Waals surface area contributed by atoms with Crippen LogP contribution in [-0.2, 0) is 6.54 Å². The van der Waals surface area contributed by atoms with Crippen LogP contribution in [0, 0.1) is 16.0 Å². The highest BCUT2D eigenvalue weighted by Crippen LogP contribution is 2.12. The third kappa shape index (κ3) is 9.96. The molecule has 0 atom stereocenters. The highest BCUT2D eigenvalue weighted by Gasteiger charge is 2.04. The van der Waals surface area contributed by atoms with Crippen LogP contribution in [0.25, 0.3) is 0 Å². The minimum absolute atomic E-state index is 0. The molecule has 0 saturated heterocycles. The van der Waals surface area contributed by atoms with E-state index in [1.165, 1.54) is 12.1 Å². The topological polar surface area (TPSA) is 79.6 Å². The van der Waals surface area contributed by atoms with Crippen LogP contribution in [0.1, 0.15) is 25.8 Å². The number of hydrogen-bond donors (Lipinski definition) is 2. The van der Waals surface area contributed by atoms with E-state index in [4.69, 9.17) is 0 Å². The Balaban J connectivity index is 0.00000529. The van der Waals surface area contributed by atoms with Gasteiger partial charge < -0.3 is 10.6 Å². The van der Waals surface area contributed by atoms with E-state index in [1.54, 1.807) is 12.1 Å². The molecule has 0 unspecified atom stereocenters. The fourth-order valence-corrected chi connectivity index (χ4v) is 2.22. The minimum Gasteiger partial charge on any atom is -0.356 e. The lowest BCUT2D eigenvalue weighted by molar-refractivity contribution is -0.384. The molecule has 24 heavy (non-hydrogen) atoms. The van der Waals surface area contributed by atoms with Crippen molar-refractivity contribution in [2.45, 2.75) is 26.8 Å². The van der Waals surface area contributed by atoms with Crippen molar-refractivity contribution in [2.75, 3.05) is 25.1 Å². The molecule has 8 heteroatoms. The number of thioether (sulfide) groups is 1. The van der Waals surface area contributed by atoms with E-state index in [0.29, 0.717) is 12.5 Å². The van der Waals surface area contributed by atoms with Crippen molar-refractivity contribution in [3.8, 4) is 0 Å². The summed E-state index contributed by atoms with van der Waals surface area (Å²) in [5.74, 6) is 2.44. The van der Waals surface area contributed by atoms with Crippen LogP contribution >= 0.6 is 35.7 Å². The smallest absolute Gasteiger partial charge is 0.269 e. The van der Waals surface area contributed by atoms with Crippen LogP contribution < -0.4 is 10.6 Å². The lowest BCUT2D eigenvalue weighted by atomic mass is 10.2. The van der Waals surface area contributed by atoms with Crippen molar-refractivity contribution in [3.63, 3.8) is 0 Å². The van der Waals surface area contributed by atoms with Gasteiger partial charge in [-0.15, -0.1) is 24.0 Å². The molecule has 0 spiro atoms. The van der Waals surface area contributed by atoms with Crippen LogP contribution in [-0.4, -0.2) is 36.0 Å². The van der Waals surface area contributed by atoms with Crippen molar-refractivity contribution < 1.29 is 4.92 Å². The molecule has 0 aliphatic heterocycles. The Labute approximate surface area is 165 Å². The van der Waals surface area contributed by atoms with Gasteiger partial charge in [-0.2, -0.15) is 11.8 Å². The Bertz CT molecular complexity index is 509. The number of nitro groups is 1. The van der Waals surface area contributed by atoms with Crippen molar-refractivity contribution in [3.05, 3.63) is 39.9 Å². The van der Waals surface area contributed by atoms with E-state index < -0.39 is 4.92 Å². The molecule has 1 aromatic carbocycles. The first-order valence-electron chi connectivity index (χ1n) is 7.77. The van der Waals surface area contributed by atoms with Gasteiger partial charge in [0.15, 0.2) is 5.96 Å². The summed E-state index contributed by atoms with van der Waals surface area (Å²) >= 11 is 1.83. The molecule has 0 aliphatic rings. The van der Waals surface area contributed by atoms with E-state index in [1.807, 2.05) is 11.8 Å². The van der Waals surface area contributed by atoms with Crippen molar-refractivity contribution >= 4 is 47.4 Å². The summed E-state index contributed by atoms with van der Waals surface area (Å²) in [4.78, 5) is 14.8. The van der Waals surface area contributed by atoms with Gasteiger partial charge in [0.05, 0.1) is 11.5 Å². The summed E-state index contributed by atoms with van der Waals surface area (Å²) in [6, 6.07) is 6.51. The van der Waals surface area contributed by atoms with Crippen molar-refractivity contribution in [1.29, 1.82) is 0 Å². The molecule has 0 amide bonds. The summed E-state index contributed by atoms with van der Waals surface area (Å²) in [6.45, 7) is 6.52. The standard InChI is InChI=1S/C16H26N4O2S.HI/c1-13(2)11-18-16(17-9-4-10-23-3)19-12-14-5-7-15(8-6-14)20(21)22;/h5-8,13H,4,9-12H2,1-3H3,(H2,17,18,19);1H. The lowest BCUT2D eigenvalue weighted by Gasteiger charge is -2.14. The molecule has 0 bridgehead atoms. The highest BCUT2D eigenvalue weighted by atomic mass is 127. The Hall–Kier alpha value is -1.03. The maximum absolute atomic E-state index is 10.7. The lowest BCUT2D eigenvalue weighted by Crippen LogP contribution is -2.39. The number of rotatable bonds is 9. The Morgan fingerprint density at radius 3 is 2.50 bits per heavy atom. The molecule has 1 rings (SSSR count). The molecule has 136 valence electrons. The zero-order chi connectivity index (χ0) is 17.1. The Morgan fingerprint density at radius 2 is 1.96 bits per heavy atom. The number of benzene rings is 1. The zero-order valence-corrected chi connectivity index (χ0v) is 17.6. The third-order valence-electron chi connectivity index (χ3n) is 3.06. The number of nitro benzene ring substituents is 1. The number of aliphatic imine (C=N–C) groups is 1. The van der Waals surface area contributed by atoms with Gasteiger partial charge in [0.1, 0.15) is 0 Å². The van der Waals surface area contributed by atoms with Crippen LogP contribution in [0.3, 0.4) is 0 Å². The summed E-state index contributed by atoms with van der Waals surface area (Å²) < 4.78 is 0. The van der Waals surface area contributed by atoms with Crippen molar-refractivity contribution in [1.82, 2.24) is 10.6 Å². The number of nitrogens with one attached hydrogen (secondary N) is 2. The van der Waals surface area contributed by atoms with Crippen LogP contribution in [0.2, 0.25) is 0 Å². The summed E-state index contributed by atoms with van der Waals surface area (Å²) in [5.41, 5.74) is 1.05. The van der Waals surface area contributed by atoms with Crippen LogP contribution in [0.5, 0.6) is 0 Å². The Morgan fingerprint density at radius 1 is 1.29 bits per heavy atom. The summed E-state index contributed by atoms with van der Waals surface area (Å²) in [6.07, 6.45) is 3.18. The first kappa shape index (κ1) is 23.0. The molecule has 1 aromatic rings. The molecule has 0 saturated carbocycles. The molecule has 0 fully saturated rings. The monoisotopic (exact) mass is 466 g/mol. The van der Waals surface area contributed by atoms with Crippen LogP contribution in [0.4, 0.5) is 5.69 Å². The van der Waals surface area contributed by atoms with Gasteiger partial charge in [-0.05, 0) is 29.9 Å². The van der Waals surface area contributed by atoms with E-state index >= 15 is 0 Å². The highest BCUT2D eigenvalue weighted by molar-refractivity contribution is 14.0. The predicted octanol–water partition coefficient (Wildman–Crippen LogP) is 3.66. The van der Waals surface area contributed by atoms with Crippen molar-refractivity contribution in [2.24, 2.45) is 10.9 Å². The van der Waals surface area contributed by atoms with Gasteiger partial charge in [0, 0.05) is 25.2 Å². The van der Waals surface area contributed by atoms with Crippen LogP contribution in [0.15, 0.2) is 29.3 Å². The first-order valence-corrected chi connectivity index (χ1v) is 9.16. The second-order valence-electron chi connectivity index (χ2n) is 5.64. The minimum atomic E-state index is -0.393. The molecule has 6 nitrogen and oxygen atoms in total. The second-order valence-corrected chi connectivity index (χ2v) is 6.62. The molecular formula is C16H27IN4O2S. The van der Waals surface area contributed by atoms with Gasteiger partial charge in [-0.1, -0.05) is 26.0 Å². The van der Waals surface area contributed by atoms with E-state index in [0.717, 1.165) is 36.8 Å². The fourth-order valence-electron chi connectivity index (χ4n) is 1.79. The molecule has 2 N–H and O–H groups in total. The van der Waals surface area contributed by atoms with E-state index in [9.17, 15) is 10.1 Å². The number of hydrogen-bond acceptors (Lipinski definition) is 4. The van der Waals surface area contributed by atoms with E-state index in [2.05, 4.69) is 35.7 Å². The number of halogens is 1. The molecular weight excluding hydrogens is 439 g/mol. The molecule has 0 aromatic heterocycles. The largest absolute Gasteiger partial charge is 0.356 e. The molecule has 0 heterocycles. The van der Waals surface area contributed by atoms with Gasteiger partial charge in [-0.25, -0.2) is 4.99 Å². The van der Waals surface area contributed by atoms with E-state index in [-0.39, 0.29) is 29.7 Å². The zero-order valence-electron chi connectivity index (χ0n) is 14.4. The maximum Gasteiger partial charge on any atom is 0.269 e. The first-order chi connectivity index (χ1) is 11.0. The van der Waals surface area contributed by atoms with Gasteiger partial charge >= 0.3 is 0 Å². The Kier molecular flexibility index (Phi) is 12.7.